The fourth-order valence-electron chi connectivity index (χ4n) is 8.44. The largest absolute Gasteiger partial charge is 0.309 e. The summed E-state index contributed by atoms with van der Waals surface area (Å²) in [5.41, 5.74) is 12.0. The van der Waals surface area contributed by atoms with Crippen molar-refractivity contribution in [1.82, 2.24) is 9.13 Å². The molecule has 0 aliphatic carbocycles. The van der Waals surface area contributed by atoms with Gasteiger partial charge in [-0.1, -0.05) is 140 Å². The van der Waals surface area contributed by atoms with Crippen LogP contribution in [0.5, 0.6) is 0 Å². The van der Waals surface area contributed by atoms with Crippen molar-refractivity contribution in [3.8, 4) is 33.6 Å². The molecule has 0 spiro atoms. The predicted octanol–water partition coefficient (Wildman–Crippen LogP) is 13.5. The second-order valence-electron chi connectivity index (χ2n) is 13.8. The van der Waals surface area contributed by atoms with Gasteiger partial charge in [-0.05, 0) is 98.4 Å². The number of aromatic nitrogens is 2. The van der Waals surface area contributed by atoms with Crippen LogP contribution in [0.2, 0.25) is 0 Å². The Labute approximate surface area is 301 Å². The number of hydrogen-bond acceptors (Lipinski definition) is 0. The van der Waals surface area contributed by atoms with Crippen LogP contribution in [0.15, 0.2) is 194 Å². The SMILES string of the molecule is c1ccc(-c2cccc(-c3ccc4c5c6c7ccccc7n(-c7ccc8ccccc8c7)c6ccc5n(-c5ccc6ccccc6c5)c4c3)c2)cc1. The second kappa shape index (κ2) is 11.3. The lowest BCUT2D eigenvalue weighted by molar-refractivity contribution is 1.18. The molecule has 2 aromatic heterocycles. The van der Waals surface area contributed by atoms with Gasteiger partial charge in [0.05, 0.1) is 22.1 Å². The van der Waals surface area contributed by atoms with Crippen LogP contribution < -0.4 is 0 Å². The van der Waals surface area contributed by atoms with Crippen molar-refractivity contribution < 1.29 is 0 Å². The summed E-state index contributed by atoms with van der Waals surface area (Å²) < 4.78 is 4.92. The molecule has 0 bridgehead atoms. The molecule has 52 heavy (non-hydrogen) atoms. The Hall–Kier alpha value is -6.90. The molecule has 0 amide bonds. The van der Waals surface area contributed by atoms with Gasteiger partial charge in [0.25, 0.3) is 0 Å². The van der Waals surface area contributed by atoms with Crippen LogP contribution in [0.4, 0.5) is 0 Å². The fraction of sp³-hybridized carbons (Fsp3) is 0. The molecule has 0 unspecified atom stereocenters. The molecular weight excluding hydrogens is 629 g/mol. The highest BCUT2D eigenvalue weighted by molar-refractivity contribution is 6.29. The molecule has 0 aliphatic rings. The Morgan fingerprint density at radius 2 is 0.750 bits per heavy atom. The third-order valence-electron chi connectivity index (χ3n) is 10.9. The average Bonchev–Trinajstić information content (AvgIpc) is 3.73. The minimum absolute atomic E-state index is 1.16. The Kier molecular flexibility index (Phi) is 6.28. The first-order valence-electron chi connectivity index (χ1n) is 17.9. The molecule has 0 N–H and O–H groups in total. The number of benzene rings is 9. The standard InChI is InChI=1S/C50H32N2/c1-2-11-33(12-3-1)36-17-10-18-37(29-36)40-23-26-44-48(32-40)52(42-25-22-35-14-5-7-16-39(35)31-42)47-28-27-46-49(50(44)47)43-19-8-9-20-45(43)51(46)41-24-21-34-13-4-6-15-38(34)30-41/h1-32H. The molecule has 11 rings (SSSR count). The highest BCUT2D eigenvalue weighted by atomic mass is 15.0. The van der Waals surface area contributed by atoms with Crippen molar-refractivity contribution in [2.24, 2.45) is 0 Å². The van der Waals surface area contributed by atoms with E-state index >= 15 is 0 Å². The first kappa shape index (κ1) is 28.9. The van der Waals surface area contributed by atoms with Gasteiger partial charge in [0, 0.05) is 32.9 Å². The predicted molar refractivity (Wildman–Crippen MR) is 221 cm³/mol. The Bertz CT molecular complexity index is 3180. The van der Waals surface area contributed by atoms with Crippen molar-refractivity contribution in [2.45, 2.75) is 0 Å². The van der Waals surface area contributed by atoms with Crippen LogP contribution in [0, 0.1) is 0 Å². The molecule has 9 aromatic carbocycles. The summed E-state index contributed by atoms with van der Waals surface area (Å²) in [7, 11) is 0. The number of nitrogens with zero attached hydrogens (tertiary/aromatic N) is 2. The lowest BCUT2D eigenvalue weighted by Gasteiger charge is -2.11. The minimum Gasteiger partial charge on any atom is -0.309 e. The van der Waals surface area contributed by atoms with E-state index in [1.165, 1.54) is 93.1 Å². The van der Waals surface area contributed by atoms with Gasteiger partial charge in [-0.15, -0.1) is 0 Å². The number of para-hydroxylation sites is 1. The van der Waals surface area contributed by atoms with E-state index in [1.807, 2.05) is 0 Å². The Balaban J connectivity index is 1.23. The van der Waals surface area contributed by atoms with Gasteiger partial charge in [0.2, 0.25) is 0 Å². The van der Waals surface area contributed by atoms with Crippen molar-refractivity contribution in [2.75, 3.05) is 0 Å². The quantitative estimate of drug-likeness (QED) is 0.178. The second-order valence-corrected chi connectivity index (χ2v) is 13.8. The number of fused-ring (bicyclic) bond motifs is 9. The Morgan fingerprint density at radius 1 is 0.250 bits per heavy atom. The van der Waals surface area contributed by atoms with Crippen LogP contribution in [-0.4, -0.2) is 9.13 Å². The van der Waals surface area contributed by atoms with E-state index in [4.69, 9.17) is 0 Å². The zero-order chi connectivity index (χ0) is 34.2. The highest BCUT2D eigenvalue weighted by Crippen LogP contribution is 2.44. The van der Waals surface area contributed by atoms with Crippen LogP contribution in [0.25, 0.3) is 98.8 Å². The molecule has 0 atom stereocenters. The van der Waals surface area contributed by atoms with Crippen LogP contribution in [-0.2, 0) is 0 Å². The fourth-order valence-corrected chi connectivity index (χ4v) is 8.44. The monoisotopic (exact) mass is 660 g/mol. The molecule has 2 nitrogen and oxygen atoms in total. The topological polar surface area (TPSA) is 9.86 Å². The lowest BCUT2D eigenvalue weighted by Crippen LogP contribution is -1.95. The zero-order valence-corrected chi connectivity index (χ0v) is 28.4. The summed E-state index contributed by atoms with van der Waals surface area (Å²) in [5, 5.41) is 10.0. The molecule has 2 heterocycles. The molecule has 0 saturated carbocycles. The number of rotatable bonds is 4. The molecule has 11 aromatic rings. The molecule has 0 radical (unpaired) electrons. The van der Waals surface area contributed by atoms with Crippen molar-refractivity contribution in [3.05, 3.63) is 194 Å². The van der Waals surface area contributed by atoms with E-state index in [-0.39, 0.29) is 0 Å². The maximum Gasteiger partial charge on any atom is 0.0548 e. The van der Waals surface area contributed by atoms with Crippen LogP contribution in [0.1, 0.15) is 0 Å². The summed E-state index contributed by atoms with van der Waals surface area (Å²) in [6.07, 6.45) is 0. The highest BCUT2D eigenvalue weighted by Gasteiger charge is 2.21. The zero-order valence-electron chi connectivity index (χ0n) is 28.4. The first-order chi connectivity index (χ1) is 25.8. The van der Waals surface area contributed by atoms with Crippen molar-refractivity contribution >= 4 is 65.2 Å². The maximum atomic E-state index is 2.48. The van der Waals surface area contributed by atoms with Gasteiger partial charge in [0.15, 0.2) is 0 Å². The molecule has 0 saturated heterocycles. The van der Waals surface area contributed by atoms with Gasteiger partial charge >= 0.3 is 0 Å². The van der Waals surface area contributed by atoms with E-state index in [1.54, 1.807) is 0 Å². The summed E-state index contributed by atoms with van der Waals surface area (Å²) in [4.78, 5) is 0. The van der Waals surface area contributed by atoms with E-state index in [9.17, 15) is 0 Å². The molecule has 242 valence electrons. The summed E-state index contributed by atoms with van der Waals surface area (Å²) in [6, 6.07) is 71.1. The van der Waals surface area contributed by atoms with E-state index < -0.39 is 0 Å². The van der Waals surface area contributed by atoms with Gasteiger partial charge in [0.1, 0.15) is 0 Å². The molecule has 0 aliphatic heterocycles. The Morgan fingerprint density at radius 3 is 1.42 bits per heavy atom. The third-order valence-corrected chi connectivity index (χ3v) is 10.9. The van der Waals surface area contributed by atoms with E-state index in [2.05, 4.69) is 203 Å². The van der Waals surface area contributed by atoms with Gasteiger partial charge in [-0.25, -0.2) is 0 Å². The molecule has 2 heteroatoms. The summed E-state index contributed by atoms with van der Waals surface area (Å²) in [5.74, 6) is 0. The van der Waals surface area contributed by atoms with Crippen LogP contribution in [0.3, 0.4) is 0 Å². The van der Waals surface area contributed by atoms with Gasteiger partial charge < -0.3 is 9.13 Å². The third kappa shape index (κ3) is 4.38. The van der Waals surface area contributed by atoms with Crippen LogP contribution >= 0.6 is 0 Å². The van der Waals surface area contributed by atoms with E-state index in [0.717, 1.165) is 5.69 Å². The molecular formula is C50H32N2. The number of hydrogen-bond donors (Lipinski definition) is 0. The average molecular weight is 661 g/mol. The van der Waals surface area contributed by atoms with Crippen molar-refractivity contribution in [3.63, 3.8) is 0 Å². The van der Waals surface area contributed by atoms with Gasteiger partial charge in [-0.2, -0.15) is 0 Å². The lowest BCUT2D eigenvalue weighted by atomic mass is 9.98. The summed E-state index contributed by atoms with van der Waals surface area (Å²) >= 11 is 0. The normalized spacial score (nSPS) is 11.8. The first-order valence-corrected chi connectivity index (χ1v) is 17.9. The maximum absolute atomic E-state index is 2.48. The van der Waals surface area contributed by atoms with Gasteiger partial charge in [-0.3, -0.25) is 0 Å². The van der Waals surface area contributed by atoms with Crippen molar-refractivity contribution in [1.29, 1.82) is 0 Å². The minimum atomic E-state index is 1.16. The van der Waals surface area contributed by atoms with E-state index in [0.29, 0.717) is 0 Å². The molecule has 0 fully saturated rings. The smallest absolute Gasteiger partial charge is 0.0548 e. The summed E-state index contributed by atoms with van der Waals surface area (Å²) in [6.45, 7) is 0.